The van der Waals surface area contributed by atoms with E-state index in [1.807, 2.05) is 97.1 Å². The summed E-state index contributed by atoms with van der Waals surface area (Å²) in [5.41, 5.74) is 5.44. The second-order valence-corrected chi connectivity index (χ2v) is 11.1. The minimum Gasteiger partial charge on any atom is -0.422 e. The van der Waals surface area contributed by atoms with Crippen molar-refractivity contribution >= 4 is 21.9 Å². The normalized spacial score (nSPS) is 11.5. The zero-order valence-corrected chi connectivity index (χ0v) is 24.4. The number of hydrogen-bond acceptors (Lipinski definition) is 6. The van der Waals surface area contributed by atoms with Crippen LogP contribution >= 0.6 is 0 Å². The molecule has 0 spiro atoms. The Kier molecular flexibility index (Phi) is 9.11. The third kappa shape index (κ3) is 6.88. The van der Waals surface area contributed by atoms with Gasteiger partial charge in [-0.3, -0.25) is 0 Å². The number of aliphatic hydroxyl groups excluding tert-OH is 1. The topological polar surface area (TPSA) is 89.9 Å². The molecule has 0 aliphatic rings. The lowest BCUT2D eigenvalue weighted by molar-refractivity contribution is -0.0567. The third-order valence-corrected chi connectivity index (χ3v) is 8.06. The quantitative estimate of drug-likeness (QED) is 0.116. The van der Waals surface area contributed by atoms with Crippen LogP contribution in [0.4, 0.5) is 0 Å². The Labute approximate surface area is 255 Å². The first-order valence-electron chi connectivity index (χ1n) is 15.0. The highest BCUT2D eigenvalue weighted by Gasteiger charge is 2.12. The molecule has 0 atom stereocenters. The average molecular weight is 587 g/mol. The van der Waals surface area contributed by atoms with Crippen LogP contribution in [-0.4, -0.2) is 18.0 Å². The van der Waals surface area contributed by atoms with Gasteiger partial charge in [-0.15, -0.1) is 0 Å². The fourth-order valence-corrected chi connectivity index (χ4v) is 5.74. The van der Waals surface area contributed by atoms with Crippen molar-refractivity contribution in [1.82, 2.24) is 0 Å². The molecule has 0 fully saturated rings. The SMILES string of the molecule is O=c1oc2cc(CCCC(CCCc3ccc4cc(-c5ccccc5)c(=O)oc4c3)OCO)ccc2cc1-c1ccccc1. The summed E-state index contributed by atoms with van der Waals surface area (Å²) < 4.78 is 17.0. The van der Waals surface area contributed by atoms with Crippen molar-refractivity contribution in [2.45, 2.75) is 44.6 Å². The maximum absolute atomic E-state index is 12.6. The second-order valence-electron chi connectivity index (χ2n) is 11.1. The Bertz CT molecular complexity index is 1830. The molecule has 2 aromatic heterocycles. The van der Waals surface area contributed by atoms with Crippen LogP contribution in [0.5, 0.6) is 0 Å². The highest BCUT2D eigenvalue weighted by atomic mass is 16.6. The average Bonchev–Trinajstić information content (AvgIpc) is 3.05. The fourth-order valence-electron chi connectivity index (χ4n) is 5.74. The lowest BCUT2D eigenvalue weighted by Crippen LogP contribution is -2.14. The van der Waals surface area contributed by atoms with E-state index in [-0.39, 0.29) is 24.1 Å². The number of ether oxygens (including phenoxy) is 1. The Hall–Kier alpha value is -4.78. The van der Waals surface area contributed by atoms with Crippen molar-refractivity contribution in [2.24, 2.45) is 0 Å². The smallest absolute Gasteiger partial charge is 0.344 e. The molecule has 6 rings (SSSR count). The summed E-state index contributed by atoms with van der Waals surface area (Å²) in [7, 11) is 0. The molecule has 0 bridgehead atoms. The summed E-state index contributed by atoms with van der Waals surface area (Å²) in [6, 6.07) is 34.8. The Morgan fingerprint density at radius 1 is 0.591 bits per heavy atom. The zero-order chi connectivity index (χ0) is 30.3. The van der Waals surface area contributed by atoms with Crippen molar-refractivity contribution in [2.75, 3.05) is 6.79 Å². The Balaban J connectivity index is 1.04. The van der Waals surface area contributed by atoms with E-state index in [1.54, 1.807) is 0 Å². The van der Waals surface area contributed by atoms with Crippen molar-refractivity contribution in [3.8, 4) is 22.3 Å². The van der Waals surface area contributed by atoms with Crippen LogP contribution in [0, 0.1) is 0 Å². The van der Waals surface area contributed by atoms with E-state index < -0.39 is 0 Å². The van der Waals surface area contributed by atoms with Crippen molar-refractivity contribution in [3.63, 3.8) is 0 Å². The molecule has 0 unspecified atom stereocenters. The number of hydrogen-bond donors (Lipinski definition) is 1. The Morgan fingerprint density at radius 2 is 1.05 bits per heavy atom. The van der Waals surface area contributed by atoms with Crippen LogP contribution in [0.2, 0.25) is 0 Å². The number of aryl methyl sites for hydroxylation is 2. The highest BCUT2D eigenvalue weighted by molar-refractivity contribution is 5.83. The van der Waals surface area contributed by atoms with Gasteiger partial charge in [-0.1, -0.05) is 84.9 Å². The van der Waals surface area contributed by atoms with E-state index in [4.69, 9.17) is 13.6 Å². The molecule has 222 valence electrons. The summed E-state index contributed by atoms with van der Waals surface area (Å²) in [6.45, 7) is -0.319. The van der Waals surface area contributed by atoms with Crippen molar-refractivity contribution in [1.29, 1.82) is 0 Å². The van der Waals surface area contributed by atoms with Gasteiger partial charge in [0.25, 0.3) is 0 Å². The van der Waals surface area contributed by atoms with E-state index in [0.717, 1.165) is 71.6 Å². The van der Waals surface area contributed by atoms with Gasteiger partial charge in [0.2, 0.25) is 0 Å². The number of rotatable bonds is 12. The predicted molar refractivity (Wildman–Crippen MR) is 174 cm³/mol. The molecular formula is C38H34O6. The standard InChI is InChI=1S/C38H34O6/c39-25-42-32(15-7-9-26-17-19-30-23-33(28-11-3-1-4-12-28)37(40)43-35(30)21-26)16-8-10-27-18-20-31-24-34(29-13-5-2-6-14-29)38(41)44-36(31)22-27/h1-6,11-14,17-24,32,39H,7-10,15-16,25H2. The fraction of sp³-hybridized carbons (Fsp3) is 0.211. The van der Waals surface area contributed by atoms with Crippen LogP contribution in [0.25, 0.3) is 44.2 Å². The van der Waals surface area contributed by atoms with Gasteiger partial charge >= 0.3 is 11.3 Å². The van der Waals surface area contributed by atoms with E-state index in [2.05, 4.69) is 12.1 Å². The minimum absolute atomic E-state index is 0.0707. The van der Waals surface area contributed by atoms with Crippen molar-refractivity contribution < 1.29 is 18.7 Å². The van der Waals surface area contributed by atoms with Gasteiger partial charge in [-0.25, -0.2) is 9.59 Å². The van der Waals surface area contributed by atoms with Gasteiger partial charge < -0.3 is 18.7 Å². The molecule has 0 saturated heterocycles. The van der Waals surface area contributed by atoms with Crippen LogP contribution in [0.1, 0.15) is 36.8 Å². The summed E-state index contributed by atoms with van der Waals surface area (Å²) >= 11 is 0. The van der Waals surface area contributed by atoms with Crippen LogP contribution < -0.4 is 11.3 Å². The molecule has 1 N–H and O–H groups in total. The molecular weight excluding hydrogens is 552 g/mol. The maximum Gasteiger partial charge on any atom is 0.344 e. The second kappa shape index (κ2) is 13.7. The van der Waals surface area contributed by atoms with Gasteiger partial charge in [0.05, 0.1) is 17.2 Å². The number of fused-ring (bicyclic) bond motifs is 2. The first-order chi connectivity index (χ1) is 21.6. The zero-order valence-electron chi connectivity index (χ0n) is 24.4. The summed E-state index contributed by atoms with van der Waals surface area (Å²) in [6.07, 6.45) is 4.87. The molecule has 0 aliphatic carbocycles. The third-order valence-electron chi connectivity index (χ3n) is 8.06. The van der Waals surface area contributed by atoms with Crippen LogP contribution in [0.15, 0.2) is 128 Å². The van der Waals surface area contributed by atoms with Gasteiger partial charge in [-0.2, -0.15) is 0 Å². The summed E-state index contributed by atoms with van der Waals surface area (Å²) in [4.78, 5) is 25.3. The summed E-state index contributed by atoms with van der Waals surface area (Å²) in [5.74, 6) is 0. The first-order valence-corrected chi connectivity index (χ1v) is 15.0. The van der Waals surface area contributed by atoms with Gasteiger partial charge in [-0.05, 0) is 85.0 Å². The van der Waals surface area contributed by atoms with Gasteiger partial charge in [0, 0.05) is 10.8 Å². The van der Waals surface area contributed by atoms with E-state index in [0.29, 0.717) is 22.3 Å². The molecule has 4 aromatic carbocycles. The van der Waals surface area contributed by atoms with E-state index >= 15 is 0 Å². The predicted octanol–water partition coefficient (Wildman–Crippen LogP) is 7.91. The molecule has 6 heteroatoms. The minimum atomic E-state index is -0.345. The molecule has 0 saturated carbocycles. The molecule has 0 aliphatic heterocycles. The molecule has 6 nitrogen and oxygen atoms in total. The first kappa shape index (κ1) is 29.3. The lowest BCUT2D eigenvalue weighted by Gasteiger charge is -2.16. The van der Waals surface area contributed by atoms with Crippen LogP contribution in [0.3, 0.4) is 0 Å². The highest BCUT2D eigenvalue weighted by Crippen LogP contribution is 2.25. The molecule has 0 amide bonds. The maximum atomic E-state index is 12.6. The lowest BCUT2D eigenvalue weighted by atomic mass is 9.99. The van der Waals surface area contributed by atoms with E-state index in [1.165, 1.54) is 0 Å². The molecule has 6 aromatic rings. The molecule has 44 heavy (non-hydrogen) atoms. The molecule has 2 heterocycles. The number of aliphatic hydroxyl groups is 1. The van der Waals surface area contributed by atoms with Gasteiger partial charge in [0.15, 0.2) is 0 Å². The summed E-state index contributed by atoms with van der Waals surface area (Å²) in [5, 5.41) is 11.2. The van der Waals surface area contributed by atoms with E-state index in [9.17, 15) is 14.7 Å². The number of benzene rings is 4. The largest absolute Gasteiger partial charge is 0.422 e. The van der Waals surface area contributed by atoms with Crippen LogP contribution in [-0.2, 0) is 17.6 Å². The molecule has 0 radical (unpaired) electrons. The monoisotopic (exact) mass is 586 g/mol. The van der Waals surface area contributed by atoms with Gasteiger partial charge in [0.1, 0.15) is 18.0 Å². The van der Waals surface area contributed by atoms with Crippen molar-refractivity contribution in [3.05, 3.63) is 141 Å². The Morgan fingerprint density at radius 3 is 1.48 bits per heavy atom.